The van der Waals surface area contributed by atoms with Crippen molar-refractivity contribution < 1.29 is 58.8 Å². The number of carboxylic acid groups (broad SMARTS) is 4. The molecule has 0 saturated carbocycles. The molecule has 0 rings (SSSR count). The monoisotopic (exact) mass is 442 g/mol. The zero-order valence-electron chi connectivity index (χ0n) is 14.4. The molecule has 28 heavy (non-hydrogen) atoms. The molecule has 0 spiro atoms. The lowest BCUT2D eigenvalue weighted by Crippen LogP contribution is -2.41. The van der Waals surface area contributed by atoms with Crippen LogP contribution in [0.4, 0.5) is 28.8 Å². The maximum atomic E-state index is 12.2. The summed E-state index contributed by atoms with van der Waals surface area (Å²) in [5.74, 6) is 0. The summed E-state index contributed by atoms with van der Waals surface area (Å²) in [5.41, 5.74) is -15.9. The second kappa shape index (κ2) is 9.29. The Morgan fingerprint density at radius 3 is 1.32 bits per heavy atom. The van der Waals surface area contributed by atoms with E-state index in [1.165, 1.54) is 5.32 Å². The van der Waals surface area contributed by atoms with Gasteiger partial charge >= 0.3 is 59.7 Å². The predicted octanol–water partition coefficient (Wildman–Crippen LogP) is 2.25. The summed E-state index contributed by atoms with van der Waals surface area (Å²) in [6, 6.07) is 0. The molecule has 2 amide bonds. The minimum absolute atomic E-state index is 0.646. The van der Waals surface area contributed by atoms with Gasteiger partial charge in [-0.3, -0.25) is 4.79 Å². The molecule has 6 N–H and O–H groups in total. The first-order chi connectivity index (χ1) is 12.8. The molecule has 154 valence electrons. The highest BCUT2D eigenvalue weighted by Gasteiger charge is 2.73. The number of amides is 2. The van der Waals surface area contributed by atoms with Crippen LogP contribution >= 0.6 is 14.5 Å². The number of nitrogens with one attached hydrogen (secondary N) is 2. The molecule has 0 aromatic rings. The van der Waals surface area contributed by atoms with Gasteiger partial charge in [0.1, 0.15) is 6.54 Å². The average molecular weight is 442 g/mol. The summed E-state index contributed by atoms with van der Waals surface area (Å²) in [4.78, 5) is 93.5. The van der Waals surface area contributed by atoms with E-state index in [9.17, 15) is 38.4 Å². The summed E-state index contributed by atoms with van der Waals surface area (Å²) < 4.78 is 0. The Morgan fingerprint density at radius 2 is 1.04 bits per heavy atom. The van der Waals surface area contributed by atoms with Crippen LogP contribution in [0.15, 0.2) is 0 Å². The normalized spacial score (nSPS) is 11.1. The second-order valence-corrected chi connectivity index (χ2v) is 10.9. The van der Waals surface area contributed by atoms with Crippen molar-refractivity contribution in [1.29, 1.82) is 0 Å². The van der Waals surface area contributed by atoms with Crippen LogP contribution in [-0.4, -0.2) is 79.2 Å². The molecular weight excluding hydrogens is 426 g/mol. The highest BCUT2D eigenvalue weighted by atomic mass is 31.2. The summed E-state index contributed by atoms with van der Waals surface area (Å²) >= 11 is 0. The Bertz CT molecular complexity index is 685. The van der Waals surface area contributed by atoms with Gasteiger partial charge in [0.15, 0.2) is 0 Å². The summed E-state index contributed by atoms with van der Waals surface area (Å²) in [6.45, 7) is -0.393. The predicted molar refractivity (Wildman–Crippen MR) is 94.1 cm³/mol. The van der Waals surface area contributed by atoms with E-state index >= 15 is 0 Å². The fourth-order valence-electron chi connectivity index (χ4n) is 1.96. The molecule has 0 radical (unpaired) electrons. The quantitative estimate of drug-likeness (QED) is 0.252. The van der Waals surface area contributed by atoms with Crippen LogP contribution in [0.5, 0.6) is 0 Å². The molecule has 0 aliphatic carbocycles. The molecule has 0 heterocycles. The lowest BCUT2D eigenvalue weighted by Gasteiger charge is -2.14. The molecule has 14 nitrogen and oxygen atoms in total. The lowest BCUT2D eigenvalue weighted by atomic mass is 10.6. The van der Waals surface area contributed by atoms with Crippen LogP contribution in [0.25, 0.3) is 0 Å². The molecule has 0 aliphatic rings. The minimum Gasteiger partial charge on any atom is -0.450 e. The molecule has 0 fully saturated rings. The number of hydrogen-bond donors (Lipinski definition) is 6. The Kier molecular flexibility index (Phi) is 8.30. The van der Waals surface area contributed by atoms with Gasteiger partial charge in [-0.1, -0.05) is 6.92 Å². The highest BCUT2D eigenvalue weighted by molar-refractivity contribution is 8.25. The van der Waals surface area contributed by atoms with Gasteiger partial charge in [-0.25, -0.2) is 33.6 Å². The van der Waals surface area contributed by atoms with Gasteiger partial charge in [0.25, 0.3) is 0 Å². The van der Waals surface area contributed by atoms with Crippen LogP contribution in [0.1, 0.15) is 13.3 Å². The zero-order chi connectivity index (χ0) is 22.4. The van der Waals surface area contributed by atoms with Gasteiger partial charge in [-0.2, -0.15) is 0 Å². The third-order valence-electron chi connectivity index (χ3n) is 3.41. The first-order valence-corrected chi connectivity index (χ1v) is 10.7. The maximum absolute atomic E-state index is 12.2. The topological polar surface area (TPSA) is 242 Å². The van der Waals surface area contributed by atoms with Crippen molar-refractivity contribution in [2.24, 2.45) is 0 Å². The first kappa shape index (κ1) is 25.0. The van der Waals surface area contributed by atoms with Gasteiger partial charge in [0, 0.05) is 13.5 Å². The first-order valence-electron chi connectivity index (χ1n) is 7.08. The average Bonchev–Trinajstić information content (AvgIpc) is 2.59. The van der Waals surface area contributed by atoms with Gasteiger partial charge in [0.2, 0.25) is 0 Å². The molecule has 0 aromatic carbocycles. The van der Waals surface area contributed by atoms with E-state index in [-0.39, 0.29) is 0 Å². The van der Waals surface area contributed by atoms with Gasteiger partial charge in [0.05, 0.1) is 0 Å². The molecule has 0 aromatic heterocycles. The number of carbonyl (C=O) groups excluding carboxylic acids is 4. The van der Waals surface area contributed by atoms with Crippen molar-refractivity contribution in [1.82, 2.24) is 10.6 Å². The van der Waals surface area contributed by atoms with Crippen molar-refractivity contribution in [3.63, 3.8) is 0 Å². The van der Waals surface area contributed by atoms with E-state index in [0.717, 1.165) is 14.0 Å². The zero-order valence-corrected chi connectivity index (χ0v) is 16.2. The molecule has 0 unspecified atom stereocenters. The van der Waals surface area contributed by atoms with Crippen molar-refractivity contribution in [2.45, 2.75) is 13.3 Å². The van der Waals surface area contributed by atoms with E-state index in [4.69, 9.17) is 20.4 Å². The van der Waals surface area contributed by atoms with Crippen molar-refractivity contribution >= 4 is 59.7 Å². The second-order valence-electron chi connectivity index (χ2n) is 4.83. The Balaban J connectivity index is 6.06. The molecule has 16 heteroatoms. The van der Waals surface area contributed by atoms with Crippen molar-refractivity contribution in [3.8, 4) is 0 Å². The lowest BCUT2D eigenvalue weighted by molar-refractivity contribution is -0.112. The third-order valence-corrected chi connectivity index (χ3v) is 9.28. The molecule has 0 aliphatic heterocycles. The van der Waals surface area contributed by atoms with Crippen molar-refractivity contribution in [3.05, 3.63) is 0 Å². The maximum Gasteiger partial charge on any atom is 0.480 e. The SMILES string of the molecule is CCC(=O)[P+](C(=O)O)(C(=O)O)C(=O)NCC(=O)[P+](C(=O)O)(C(=O)O)C(=O)NC. The summed E-state index contributed by atoms with van der Waals surface area (Å²) in [5, 5.41) is 39.8. The summed E-state index contributed by atoms with van der Waals surface area (Å²) in [6.07, 6.45) is -0.646. The molecular formula is C12H16N2O12P2+2. The summed E-state index contributed by atoms with van der Waals surface area (Å²) in [7, 11) is -9.38. The van der Waals surface area contributed by atoms with Crippen molar-refractivity contribution in [2.75, 3.05) is 13.6 Å². The smallest absolute Gasteiger partial charge is 0.450 e. The van der Waals surface area contributed by atoms with Gasteiger partial charge in [-0.05, 0) is 0 Å². The Morgan fingerprint density at radius 1 is 0.679 bits per heavy atom. The van der Waals surface area contributed by atoms with E-state index in [2.05, 4.69) is 0 Å². The minimum atomic E-state index is -5.15. The third kappa shape index (κ3) is 3.82. The van der Waals surface area contributed by atoms with E-state index in [1.54, 1.807) is 5.32 Å². The van der Waals surface area contributed by atoms with Gasteiger partial charge in [-0.15, -0.1) is 0 Å². The number of hydrogen-bond acceptors (Lipinski definition) is 8. The molecule has 0 atom stereocenters. The van der Waals surface area contributed by atoms with Gasteiger partial charge < -0.3 is 31.1 Å². The van der Waals surface area contributed by atoms with Crippen LogP contribution in [-0.2, 0) is 9.59 Å². The number of rotatable bonds is 11. The van der Waals surface area contributed by atoms with Crippen LogP contribution in [0.3, 0.4) is 0 Å². The molecule has 0 bridgehead atoms. The fourth-order valence-corrected chi connectivity index (χ4v) is 5.73. The Hall–Kier alpha value is -2.98. The van der Waals surface area contributed by atoms with E-state index in [0.29, 0.717) is 0 Å². The van der Waals surface area contributed by atoms with Crippen LogP contribution in [0, 0.1) is 0 Å². The van der Waals surface area contributed by atoms with Crippen LogP contribution < -0.4 is 10.6 Å². The van der Waals surface area contributed by atoms with E-state index in [1.807, 2.05) is 0 Å². The van der Waals surface area contributed by atoms with Crippen LogP contribution in [0.2, 0.25) is 0 Å². The standard InChI is InChI=1S/C12H14N2O12P2/c1-3-5(15)27(9(19)20,10(21)22)8(18)14-4-6(16)28(11(23)24,12(25)26)7(17)13-2/h3-4H2,1-2H3,(H4-2,13,14,17,18,19,20,21,22,23,24,25,26)/p+2. The fraction of sp³-hybridized carbons (Fsp3) is 0.333. The molecule has 0 saturated heterocycles. The Labute approximate surface area is 156 Å². The number of carbonyl (C=O) groups is 8. The highest BCUT2D eigenvalue weighted by Crippen LogP contribution is 2.63. The van der Waals surface area contributed by atoms with E-state index < -0.39 is 72.7 Å². The largest absolute Gasteiger partial charge is 0.480 e.